The van der Waals surface area contributed by atoms with Crippen LogP contribution in [-0.2, 0) is 4.79 Å². The molecule has 1 unspecified atom stereocenters. The van der Waals surface area contributed by atoms with Crippen molar-refractivity contribution >= 4 is 45.1 Å². The number of carboxylic acids is 1. The van der Waals surface area contributed by atoms with Gasteiger partial charge >= 0.3 is 5.97 Å². The van der Waals surface area contributed by atoms with Crippen LogP contribution in [0.1, 0.15) is 46.4 Å². The highest BCUT2D eigenvalue weighted by Gasteiger charge is 2.22. The van der Waals surface area contributed by atoms with Crippen molar-refractivity contribution < 1.29 is 19.5 Å². The molecule has 0 fully saturated rings. The van der Waals surface area contributed by atoms with Crippen molar-refractivity contribution in [2.45, 2.75) is 25.7 Å². The molecule has 3 aromatic carbocycles. The van der Waals surface area contributed by atoms with Crippen LogP contribution < -0.4 is 0 Å². The topological polar surface area (TPSA) is 71.4 Å². The Balaban J connectivity index is 1.56. The van der Waals surface area contributed by atoms with E-state index in [2.05, 4.69) is 15.9 Å². The van der Waals surface area contributed by atoms with Gasteiger partial charge < -0.3 is 5.11 Å². The molecule has 3 aromatic rings. The maximum Gasteiger partial charge on any atom is 0.306 e. The number of hydrogen-bond acceptors (Lipinski definition) is 3. The maximum atomic E-state index is 12.7. The van der Waals surface area contributed by atoms with E-state index in [4.69, 9.17) is 11.6 Å². The first kappa shape index (κ1) is 23.9. The molecule has 6 heteroatoms. The van der Waals surface area contributed by atoms with Crippen molar-refractivity contribution in [2.75, 3.05) is 0 Å². The number of Topliss-reactive ketones (excluding diaryl/α,β-unsaturated/α-hetero) is 2. The van der Waals surface area contributed by atoms with Gasteiger partial charge in [0.1, 0.15) is 0 Å². The van der Waals surface area contributed by atoms with E-state index in [0.717, 1.165) is 15.6 Å². The summed E-state index contributed by atoms with van der Waals surface area (Å²) < 4.78 is 0.889. The largest absolute Gasteiger partial charge is 0.481 e. The lowest BCUT2D eigenvalue weighted by molar-refractivity contribution is -0.141. The number of carbonyl (C=O) groups excluding carboxylic acids is 2. The lowest BCUT2D eigenvalue weighted by Gasteiger charge is -2.12. The summed E-state index contributed by atoms with van der Waals surface area (Å²) in [5.41, 5.74) is 2.99. The van der Waals surface area contributed by atoms with Gasteiger partial charge in [0, 0.05) is 33.5 Å². The molecule has 0 aliphatic heterocycles. The van der Waals surface area contributed by atoms with Crippen LogP contribution in [0.4, 0.5) is 0 Å². The van der Waals surface area contributed by atoms with Gasteiger partial charge in [-0.05, 0) is 48.2 Å². The maximum absolute atomic E-state index is 12.7. The van der Waals surface area contributed by atoms with Crippen molar-refractivity contribution in [2.24, 2.45) is 5.92 Å². The third kappa shape index (κ3) is 6.62. The first-order chi connectivity index (χ1) is 15.3. The molecule has 0 radical (unpaired) electrons. The van der Waals surface area contributed by atoms with Crippen molar-refractivity contribution in [3.05, 3.63) is 93.4 Å². The molecule has 32 heavy (non-hydrogen) atoms. The summed E-state index contributed by atoms with van der Waals surface area (Å²) in [6.07, 6.45) is 0.832. The minimum atomic E-state index is -1.02. The Labute approximate surface area is 200 Å². The first-order valence-corrected chi connectivity index (χ1v) is 11.4. The summed E-state index contributed by atoms with van der Waals surface area (Å²) in [4.78, 5) is 36.6. The zero-order chi connectivity index (χ0) is 23.1. The number of hydrogen-bond donors (Lipinski definition) is 1. The van der Waals surface area contributed by atoms with Gasteiger partial charge in [-0.1, -0.05) is 76.1 Å². The summed E-state index contributed by atoms with van der Waals surface area (Å²) in [6.45, 7) is 0. The molecule has 1 atom stereocenters. The third-order valence-corrected chi connectivity index (χ3v) is 6.07. The molecule has 164 valence electrons. The number of aliphatic carboxylic acids is 1. The smallest absolute Gasteiger partial charge is 0.306 e. The number of halogens is 2. The van der Waals surface area contributed by atoms with E-state index in [1.54, 1.807) is 48.5 Å². The molecule has 0 bridgehead atoms. The average Bonchev–Trinajstić information content (AvgIpc) is 2.79. The average molecular weight is 514 g/mol. The van der Waals surface area contributed by atoms with Gasteiger partial charge in [0.25, 0.3) is 0 Å². The van der Waals surface area contributed by atoms with Crippen LogP contribution in [0.25, 0.3) is 11.1 Å². The van der Waals surface area contributed by atoms with E-state index in [1.807, 2.05) is 24.3 Å². The Morgan fingerprint density at radius 1 is 0.781 bits per heavy atom. The minimum absolute atomic E-state index is 0.0363. The fourth-order valence-corrected chi connectivity index (χ4v) is 3.82. The van der Waals surface area contributed by atoms with Crippen LogP contribution in [0.3, 0.4) is 0 Å². The summed E-state index contributed by atoms with van der Waals surface area (Å²) in [5.74, 6) is -2.10. The van der Waals surface area contributed by atoms with Crippen molar-refractivity contribution in [3.63, 3.8) is 0 Å². The summed E-state index contributed by atoms with van der Waals surface area (Å²) in [6, 6.07) is 21.6. The molecule has 0 spiro atoms. The van der Waals surface area contributed by atoms with E-state index >= 15 is 0 Å². The van der Waals surface area contributed by atoms with E-state index in [-0.39, 0.29) is 30.8 Å². The lowest BCUT2D eigenvalue weighted by atomic mass is 9.92. The van der Waals surface area contributed by atoms with Crippen LogP contribution in [0.15, 0.2) is 77.3 Å². The standard InChI is InChI=1S/C26H22BrClO4/c27-22-12-8-19(9-13-22)24(29)3-1-2-21(26(31)32)16-25(30)20-6-4-17(5-7-20)18-10-14-23(28)15-11-18/h4-15,21H,1-3,16H2,(H,31,32). The molecule has 0 amide bonds. The summed E-state index contributed by atoms with van der Waals surface area (Å²) in [7, 11) is 0. The molecule has 0 saturated heterocycles. The van der Waals surface area contributed by atoms with Gasteiger partial charge in [0.15, 0.2) is 11.6 Å². The van der Waals surface area contributed by atoms with Gasteiger partial charge in [-0.2, -0.15) is 0 Å². The Hall–Kier alpha value is -2.76. The monoisotopic (exact) mass is 512 g/mol. The van der Waals surface area contributed by atoms with E-state index in [0.29, 0.717) is 22.6 Å². The predicted octanol–water partition coefficient (Wildman–Crippen LogP) is 7.10. The fraction of sp³-hybridized carbons (Fsp3) is 0.192. The minimum Gasteiger partial charge on any atom is -0.481 e. The van der Waals surface area contributed by atoms with Crippen molar-refractivity contribution in [1.82, 2.24) is 0 Å². The Morgan fingerprint density at radius 2 is 1.28 bits per heavy atom. The Bertz CT molecular complexity index is 1090. The van der Waals surface area contributed by atoms with Crippen molar-refractivity contribution in [3.8, 4) is 11.1 Å². The normalized spacial score (nSPS) is 11.7. The van der Waals surface area contributed by atoms with Crippen LogP contribution in [0.2, 0.25) is 5.02 Å². The molecule has 0 aromatic heterocycles. The number of rotatable bonds is 10. The number of benzene rings is 3. The number of ketones is 2. The van der Waals surface area contributed by atoms with Crippen LogP contribution in [0, 0.1) is 5.92 Å². The van der Waals surface area contributed by atoms with E-state index < -0.39 is 11.9 Å². The summed E-state index contributed by atoms with van der Waals surface area (Å²) >= 11 is 9.25. The van der Waals surface area contributed by atoms with Crippen molar-refractivity contribution in [1.29, 1.82) is 0 Å². The molecule has 0 saturated carbocycles. The van der Waals surface area contributed by atoms with E-state index in [9.17, 15) is 19.5 Å². The van der Waals surface area contributed by atoms with Gasteiger partial charge in [0.05, 0.1) is 5.92 Å². The Morgan fingerprint density at radius 3 is 1.84 bits per heavy atom. The fourth-order valence-electron chi connectivity index (χ4n) is 3.43. The zero-order valence-corrected chi connectivity index (χ0v) is 19.6. The van der Waals surface area contributed by atoms with Crippen LogP contribution in [-0.4, -0.2) is 22.6 Å². The second-order valence-electron chi connectivity index (χ2n) is 7.57. The molecule has 3 rings (SSSR count). The first-order valence-electron chi connectivity index (χ1n) is 10.2. The van der Waals surface area contributed by atoms with Crippen LogP contribution in [0.5, 0.6) is 0 Å². The quantitative estimate of drug-likeness (QED) is 0.294. The summed E-state index contributed by atoms with van der Waals surface area (Å²) in [5, 5.41) is 10.2. The Kier molecular flexibility index (Phi) is 8.37. The molecular formula is C26H22BrClO4. The zero-order valence-electron chi connectivity index (χ0n) is 17.3. The number of carboxylic acid groups (broad SMARTS) is 1. The SMILES string of the molecule is O=C(CCCC(CC(=O)c1ccc(-c2ccc(Cl)cc2)cc1)C(=O)O)c1ccc(Br)cc1. The predicted molar refractivity (Wildman–Crippen MR) is 129 cm³/mol. The molecule has 1 N–H and O–H groups in total. The molecule has 0 heterocycles. The highest BCUT2D eigenvalue weighted by molar-refractivity contribution is 9.10. The van der Waals surface area contributed by atoms with Gasteiger partial charge in [-0.3, -0.25) is 14.4 Å². The molecule has 0 aliphatic carbocycles. The highest BCUT2D eigenvalue weighted by atomic mass is 79.9. The van der Waals surface area contributed by atoms with Gasteiger partial charge in [-0.15, -0.1) is 0 Å². The molecule has 4 nitrogen and oxygen atoms in total. The lowest BCUT2D eigenvalue weighted by Crippen LogP contribution is -2.18. The van der Waals surface area contributed by atoms with Crippen LogP contribution >= 0.6 is 27.5 Å². The second-order valence-corrected chi connectivity index (χ2v) is 8.92. The second kappa shape index (κ2) is 11.2. The third-order valence-electron chi connectivity index (χ3n) is 5.29. The van der Waals surface area contributed by atoms with E-state index in [1.165, 1.54) is 0 Å². The highest BCUT2D eigenvalue weighted by Crippen LogP contribution is 2.24. The number of carbonyl (C=O) groups is 3. The molecular weight excluding hydrogens is 492 g/mol. The van der Waals surface area contributed by atoms with Gasteiger partial charge in [0.2, 0.25) is 0 Å². The van der Waals surface area contributed by atoms with Gasteiger partial charge in [-0.25, -0.2) is 0 Å². The molecule has 0 aliphatic rings.